The van der Waals surface area contributed by atoms with Crippen molar-refractivity contribution in [2.75, 3.05) is 12.4 Å². The molecule has 0 radical (unpaired) electrons. The number of hydrogen-bond donors (Lipinski definition) is 2. The summed E-state index contributed by atoms with van der Waals surface area (Å²) in [6.07, 6.45) is 3.64. The number of nitrogens with zero attached hydrogens (tertiary/aromatic N) is 2. The molecule has 2 atom stereocenters. The van der Waals surface area contributed by atoms with Crippen molar-refractivity contribution < 1.29 is 4.79 Å². The smallest absolute Gasteiger partial charge is 0.271 e. The van der Waals surface area contributed by atoms with E-state index in [-0.39, 0.29) is 5.91 Å². The van der Waals surface area contributed by atoms with Gasteiger partial charge < -0.3 is 10.6 Å². The van der Waals surface area contributed by atoms with Gasteiger partial charge in [0.15, 0.2) is 5.69 Å². The van der Waals surface area contributed by atoms with E-state index in [1.165, 1.54) is 19.3 Å². The highest BCUT2D eigenvalue weighted by Crippen LogP contribution is 2.29. The van der Waals surface area contributed by atoms with Gasteiger partial charge in [-0.05, 0) is 43.2 Å². The Hall–Kier alpha value is -1.65. The molecule has 1 aromatic heterocycles. The Bertz CT molecular complexity index is 422. The molecule has 0 saturated heterocycles. The van der Waals surface area contributed by atoms with Gasteiger partial charge in [-0.1, -0.05) is 13.8 Å². The summed E-state index contributed by atoms with van der Waals surface area (Å²) in [7, 11) is 1.58. The first-order valence-electron chi connectivity index (χ1n) is 6.90. The molecule has 5 nitrogen and oxygen atoms in total. The van der Waals surface area contributed by atoms with Crippen LogP contribution in [0.1, 0.15) is 43.6 Å². The summed E-state index contributed by atoms with van der Waals surface area (Å²) in [4.78, 5) is 11.4. The number of nitrogens with one attached hydrogen (secondary N) is 2. The molecular formula is C14H22N4O. The predicted octanol–water partition coefficient (Wildman–Crippen LogP) is 2.07. The van der Waals surface area contributed by atoms with E-state index >= 15 is 0 Å². The van der Waals surface area contributed by atoms with Gasteiger partial charge in [0, 0.05) is 13.1 Å². The summed E-state index contributed by atoms with van der Waals surface area (Å²) in [5, 5.41) is 14.0. The van der Waals surface area contributed by atoms with Crippen LogP contribution in [0, 0.1) is 11.8 Å². The summed E-state index contributed by atoms with van der Waals surface area (Å²) >= 11 is 0. The fourth-order valence-corrected chi connectivity index (χ4v) is 2.93. The fourth-order valence-electron chi connectivity index (χ4n) is 2.93. The van der Waals surface area contributed by atoms with Crippen molar-refractivity contribution >= 4 is 11.7 Å². The van der Waals surface area contributed by atoms with Gasteiger partial charge in [-0.15, -0.1) is 10.2 Å². The molecule has 1 aliphatic carbocycles. The first-order valence-corrected chi connectivity index (χ1v) is 6.90. The lowest BCUT2D eigenvalue weighted by atomic mass is 9.80. The number of anilines is 1. The van der Waals surface area contributed by atoms with Crippen molar-refractivity contribution in [3.8, 4) is 0 Å². The van der Waals surface area contributed by atoms with Crippen LogP contribution >= 0.6 is 0 Å². The predicted molar refractivity (Wildman–Crippen MR) is 75.0 cm³/mol. The lowest BCUT2D eigenvalue weighted by Crippen LogP contribution is -2.30. The van der Waals surface area contributed by atoms with E-state index in [0.29, 0.717) is 11.7 Å². The molecule has 0 aromatic carbocycles. The average Bonchev–Trinajstić information content (AvgIpc) is 2.37. The number of carbonyl (C=O) groups excluding carboxylic acids is 1. The number of hydrogen-bond acceptors (Lipinski definition) is 4. The van der Waals surface area contributed by atoms with Crippen molar-refractivity contribution in [2.24, 2.45) is 11.8 Å². The van der Waals surface area contributed by atoms with Gasteiger partial charge in [0.1, 0.15) is 5.82 Å². The molecule has 1 fully saturated rings. The number of carbonyl (C=O) groups is 1. The van der Waals surface area contributed by atoms with Gasteiger partial charge in [0.25, 0.3) is 5.91 Å². The molecule has 0 bridgehead atoms. The van der Waals surface area contributed by atoms with Gasteiger partial charge >= 0.3 is 0 Å². The molecule has 2 rings (SSSR count). The number of aromatic nitrogens is 2. The van der Waals surface area contributed by atoms with E-state index in [0.717, 1.165) is 17.7 Å². The Morgan fingerprint density at radius 1 is 1.16 bits per heavy atom. The highest BCUT2D eigenvalue weighted by molar-refractivity contribution is 5.91. The molecule has 1 aromatic rings. The van der Waals surface area contributed by atoms with Crippen molar-refractivity contribution in [2.45, 2.75) is 39.2 Å². The first kappa shape index (κ1) is 13.8. The Balaban J connectivity index is 1.97. The monoisotopic (exact) mass is 262 g/mol. The topological polar surface area (TPSA) is 66.9 Å². The zero-order chi connectivity index (χ0) is 13.8. The summed E-state index contributed by atoms with van der Waals surface area (Å²) < 4.78 is 0. The SMILES string of the molecule is CNC(=O)c1ccc(NC2CC(C)CC(C)C2)nn1. The summed E-state index contributed by atoms with van der Waals surface area (Å²) in [6.45, 7) is 4.59. The molecule has 1 heterocycles. The third kappa shape index (κ3) is 3.66. The van der Waals surface area contributed by atoms with E-state index in [1.54, 1.807) is 13.1 Å². The maximum atomic E-state index is 11.4. The molecule has 1 saturated carbocycles. The second-order valence-electron chi connectivity index (χ2n) is 5.64. The van der Waals surface area contributed by atoms with Crippen molar-refractivity contribution in [3.63, 3.8) is 0 Å². The van der Waals surface area contributed by atoms with Crippen molar-refractivity contribution in [1.29, 1.82) is 0 Å². The summed E-state index contributed by atoms with van der Waals surface area (Å²) in [5.41, 5.74) is 0.346. The normalized spacial score (nSPS) is 26.8. The molecule has 2 unspecified atom stereocenters. The third-order valence-corrected chi connectivity index (χ3v) is 3.65. The van der Waals surface area contributed by atoms with E-state index < -0.39 is 0 Å². The first-order chi connectivity index (χ1) is 9.08. The highest BCUT2D eigenvalue weighted by Gasteiger charge is 2.24. The van der Waals surface area contributed by atoms with Gasteiger partial charge in [0.05, 0.1) is 0 Å². The summed E-state index contributed by atoms with van der Waals surface area (Å²) in [5.74, 6) is 2.04. The molecule has 0 aliphatic heterocycles. The summed E-state index contributed by atoms with van der Waals surface area (Å²) in [6, 6.07) is 3.98. The zero-order valence-electron chi connectivity index (χ0n) is 11.8. The van der Waals surface area contributed by atoms with Crippen LogP contribution in [0.15, 0.2) is 12.1 Å². The van der Waals surface area contributed by atoms with Crippen molar-refractivity contribution in [1.82, 2.24) is 15.5 Å². The van der Waals surface area contributed by atoms with Crippen LogP contribution in [0.3, 0.4) is 0 Å². The van der Waals surface area contributed by atoms with Gasteiger partial charge in [-0.25, -0.2) is 0 Å². The Morgan fingerprint density at radius 2 is 1.84 bits per heavy atom. The molecule has 2 N–H and O–H groups in total. The minimum absolute atomic E-state index is 0.209. The molecule has 0 spiro atoms. The molecule has 104 valence electrons. The molecule has 19 heavy (non-hydrogen) atoms. The van der Waals surface area contributed by atoms with Crippen LogP contribution in [0.25, 0.3) is 0 Å². The van der Waals surface area contributed by atoms with Gasteiger partial charge in [0.2, 0.25) is 0 Å². The third-order valence-electron chi connectivity index (χ3n) is 3.65. The van der Waals surface area contributed by atoms with Crippen LogP contribution in [0.4, 0.5) is 5.82 Å². The zero-order valence-corrected chi connectivity index (χ0v) is 11.8. The fraction of sp³-hybridized carbons (Fsp3) is 0.643. The Morgan fingerprint density at radius 3 is 2.37 bits per heavy atom. The minimum Gasteiger partial charge on any atom is -0.366 e. The molecular weight excluding hydrogens is 240 g/mol. The maximum absolute atomic E-state index is 11.4. The van der Waals surface area contributed by atoms with E-state index in [9.17, 15) is 4.79 Å². The average molecular weight is 262 g/mol. The van der Waals surface area contributed by atoms with E-state index in [2.05, 4.69) is 34.7 Å². The molecule has 5 heteroatoms. The lowest BCUT2D eigenvalue weighted by molar-refractivity contribution is 0.0957. The maximum Gasteiger partial charge on any atom is 0.271 e. The second-order valence-corrected chi connectivity index (χ2v) is 5.64. The van der Waals surface area contributed by atoms with Gasteiger partial charge in [-0.3, -0.25) is 4.79 Å². The number of rotatable bonds is 3. The quantitative estimate of drug-likeness (QED) is 0.875. The Kier molecular flexibility index (Phi) is 4.35. The van der Waals surface area contributed by atoms with E-state index in [1.807, 2.05) is 6.07 Å². The van der Waals surface area contributed by atoms with Gasteiger partial charge in [-0.2, -0.15) is 0 Å². The largest absolute Gasteiger partial charge is 0.366 e. The second kappa shape index (κ2) is 5.99. The molecule has 1 amide bonds. The molecule has 1 aliphatic rings. The van der Waals surface area contributed by atoms with E-state index in [4.69, 9.17) is 0 Å². The lowest BCUT2D eigenvalue weighted by Gasteiger charge is -2.32. The van der Waals surface area contributed by atoms with Crippen LogP contribution in [0.2, 0.25) is 0 Å². The Labute approximate surface area is 114 Å². The standard InChI is InChI=1S/C14H22N4O/c1-9-6-10(2)8-11(7-9)16-13-5-4-12(17-18-13)14(19)15-3/h4-5,9-11H,6-8H2,1-3H3,(H,15,19)(H,16,18). The highest BCUT2D eigenvalue weighted by atomic mass is 16.1. The van der Waals surface area contributed by atoms with Crippen LogP contribution in [0.5, 0.6) is 0 Å². The van der Waals surface area contributed by atoms with Crippen molar-refractivity contribution in [3.05, 3.63) is 17.8 Å². The van der Waals surface area contributed by atoms with Crippen LogP contribution in [-0.4, -0.2) is 29.2 Å². The van der Waals surface area contributed by atoms with Crippen LogP contribution in [-0.2, 0) is 0 Å². The number of amides is 1. The minimum atomic E-state index is -0.209. The van der Waals surface area contributed by atoms with Crippen LogP contribution < -0.4 is 10.6 Å².